The molecule has 1 aromatic carbocycles. The van der Waals surface area contributed by atoms with Crippen LogP contribution in [0.15, 0.2) is 33.6 Å². The van der Waals surface area contributed by atoms with E-state index in [2.05, 4.69) is 10.2 Å². The maximum Gasteiger partial charge on any atom is 0.318 e. The molecule has 0 spiro atoms. The van der Waals surface area contributed by atoms with Gasteiger partial charge in [0.1, 0.15) is 0 Å². The van der Waals surface area contributed by atoms with Crippen LogP contribution in [0.25, 0.3) is 0 Å². The maximum atomic E-state index is 12.7. The highest BCUT2D eigenvalue weighted by Crippen LogP contribution is 2.18. The van der Waals surface area contributed by atoms with E-state index in [1.807, 2.05) is 11.8 Å². The predicted molar refractivity (Wildman–Crippen MR) is 99.1 cm³/mol. The highest BCUT2D eigenvalue weighted by Gasteiger charge is 2.25. The van der Waals surface area contributed by atoms with Crippen molar-refractivity contribution >= 4 is 21.9 Å². The molecule has 3 rings (SSSR count). The van der Waals surface area contributed by atoms with Crippen molar-refractivity contribution in [2.24, 2.45) is 0 Å². The number of sulfonamides is 1. The first-order valence-electron chi connectivity index (χ1n) is 8.72. The van der Waals surface area contributed by atoms with Crippen molar-refractivity contribution in [2.45, 2.75) is 18.2 Å². The zero-order chi connectivity index (χ0) is 19.6. The topological polar surface area (TPSA) is 99.8 Å². The summed E-state index contributed by atoms with van der Waals surface area (Å²) < 4.78 is 30.9. The number of nitrogens with zero attached hydrogens (tertiary/aromatic N) is 5. The van der Waals surface area contributed by atoms with Gasteiger partial charge in [-0.25, -0.2) is 12.7 Å². The molecule has 1 fully saturated rings. The number of carbonyl (C=O) groups excluding carboxylic acids is 1. The molecule has 2 heterocycles. The van der Waals surface area contributed by atoms with Crippen LogP contribution in [0.2, 0.25) is 0 Å². The van der Waals surface area contributed by atoms with Gasteiger partial charge in [-0.2, -0.15) is 0 Å². The first-order chi connectivity index (χ1) is 12.8. The summed E-state index contributed by atoms with van der Waals surface area (Å²) in [7, 11) is -0.558. The smallest absolute Gasteiger partial charge is 0.318 e. The maximum absolute atomic E-state index is 12.7. The molecule has 9 nitrogen and oxygen atoms in total. The Hall–Kier alpha value is -2.46. The Morgan fingerprint density at radius 2 is 1.74 bits per heavy atom. The van der Waals surface area contributed by atoms with Crippen LogP contribution in [0.5, 0.6) is 0 Å². The SMILES string of the molecule is CCc1nnc(N2CCN(C(=O)c3ccc(S(=O)(=O)N(C)C)cc3)CC2)o1. The summed E-state index contributed by atoms with van der Waals surface area (Å²) in [4.78, 5) is 16.5. The van der Waals surface area contributed by atoms with Crippen molar-refractivity contribution in [1.82, 2.24) is 19.4 Å². The molecular weight excluding hydrogens is 370 g/mol. The summed E-state index contributed by atoms with van der Waals surface area (Å²) in [5.74, 6) is 0.472. The molecule has 1 aliphatic heterocycles. The lowest BCUT2D eigenvalue weighted by Crippen LogP contribution is -2.49. The Labute approximate surface area is 158 Å². The molecule has 10 heteroatoms. The van der Waals surface area contributed by atoms with E-state index < -0.39 is 10.0 Å². The fourth-order valence-electron chi connectivity index (χ4n) is 2.78. The summed E-state index contributed by atoms with van der Waals surface area (Å²) in [6.07, 6.45) is 0.686. The summed E-state index contributed by atoms with van der Waals surface area (Å²) >= 11 is 0. The van der Waals surface area contributed by atoms with Crippen molar-refractivity contribution < 1.29 is 17.6 Å². The van der Waals surface area contributed by atoms with E-state index >= 15 is 0 Å². The molecule has 0 aliphatic carbocycles. The quantitative estimate of drug-likeness (QED) is 0.742. The van der Waals surface area contributed by atoms with Gasteiger partial charge in [0, 0.05) is 52.3 Å². The molecule has 27 heavy (non-hydrogen) atoms. The average molecular weight is 393 g/mol. The number of anilines is 1. The number of benzene rings is 1. The van der Waals surface area contributed by atoms with Crippen LogP contribution in [0.3, 0.4) is 0 Å². The molecule has 2 aromatic rings. The minimum Gasteiger partial charge on any atom is -0.408 e. The Morgan fingerprint density at radius 3 is 2.26 bits per heavy atom. The molecule has 1 aromatic heterocycles. The molecule has 0 atom stereocenters. The van der Waals surface area contributed by atoms with Crippen molar-refractivity contribution in [2.75, 3.05) is 45.2 Å². The van der Waals surface area contributed by atoms with Crippen LogP contribution in [0.4, 0.5) is 6.01 Å². The van der Waals surface area contributed by atoms with Crippen molar-refractivity contribution in [3.63, 3.8) is 0 Å². The molecule has 0 unspecified atom stereocenters. The second kappa shape index (κ2) is 7.65. The Kier molecular flexibility index (Phi) is 5.47. The second-order valence-electron chi connectivity index (χ2n) is 6.42. The van der Waals surface area contributed by atoms with Crippen LogP contribution < -0.4 is 4.90 Å². The minimum atomic E-state index is -3.50. The standard InChI is InChI=1S/C17H23N5O4S/c1-4-15-18-19-17(26-15)22-11-9-21(10-12-22)16(23)13-5-7-14(8-6-13)27(24,25)20(2)3/h5-8H,4,9-12H2,1-3H3. The van der Waals surface area contributed by atoms with Gasteiger partial charge in [-0.05, 0) is 24.3 Å². The minimum absolute atomic E-state index is 0.122. The van der Waals surface area contributed by atoms with Gasteiger partial charge in [0.2, 0.25) is 15.9 Å². The number of rotatable bonds is 5. The van der Waals surface area contributed by atoms with E-state index in [1.54, 1.807) is 17.0 Å². The Balaban J connectivity index is 1.64. The van der Waals surface area contributed by atoms with Gasteiger partial charge in [0.25, 0.3) is 5.91 Å². The van der Waals surface area contributed by atoms with Gasteiger partial charge >= 0.3 is 6.01 Å². The molecule has 0 saturated carbocycles. The third kappa shape index (κ3) is 3.96. The highest BCUT2D eigenvalue weighted by molar-refractivity contribution is 7.89. The van der Waals surface area contributed by atoms with Crippen LogP contribution in [0, 0.1) is 0 Å². The third-order valence-corrected chi connectivity index (χ3v) is 6.31. The first kappa shape index (κ1) is 19.3. The fourth-order valence-corrected chi connectivity index (χ4v) is 3.68. The van der Waals surface area contributed by atoms with Gasteiger partial charge in [-0.1, -0.05) is 12.0 Å². The number of hydrogen-bond acceptors (Lipinski definition) is 7. The average Bonchev–Trinajstić information content (AvgIpc) is 3.17. The zero-order valence-electron chi connectivity index (χ0n) is 15.6. The van der Waals surface area contributed by atoms with Gasteiger partial charge in [0.15, 0.2) is 0 Å². The van der Waals surface area contributed by atoms with Gasteiger partial charge in [-0.3, -0.25) is 4.79 Å². The molecule has 1 aliphatic rings. The van der Waals surface area contributed by atoms with Crippen molar-refractivity contribution in [1.29, 1.82) is 0 Å². The summed E-state index contributed by atoms with van der Waals surface area (Å²) in [6.45, 7) is 4.21. The molecular formula is C17H23N5O4S. The van der Waals surface area contributed by atoms with Crippen molar-refractivity contribution in [3.05, 3.63) is 35.7 Å². The monoisotopic (exact) mass is 393 g/mol. The predicted octanol–water partition coefficient (Wildman–Crippen LogP) is 0.845. The number of hydrogen-bond donors (Lipinski definition) is 0. The van der Waals surface area contributed by atoms with Crippen LogP contribution in [0.1, 0.15) is 23.2 Å². The molecule has 146 valence electrons. The third-order valence-electron chi connectivity index (χ3n) is 4.48. The largest absolute Gasteiger partial charge is 0.408 e. The number of aryl methyl sites for hydroxylation is 1. The lowest BCUT2D eigenvalue weighted by atomic mass is 10.2. The molecule has 1 saturated heterocycles. The van der Waals surface area contributed by atoms with Crippen LogP contribution >= 0.6 is 0 Å². The lowest BCUT2D eigenvalue weighted by Gasteiger charge is -2.33. The number of piperazine rings is 1. The summed E-state index contributed by atoms with van der Waals surface area (Å²) in [5.41, 5.74) is 0.465. The molecule has 0 radical (unpaired) electrons. The van der Waals surface area contributed by atoms with Gasteiger partial charge < -0.3 is 14.2 Å². The molecule has 0 bridgehead atoms. The van der Waals surface area contributed by atoms with E-state index in [0.717, 1.165) is 4.31 Å². The first-order valence-corrected chi connectivity index (χ1v) is 10.2. The van der Waals surface area contributed by atoms with E-state index in [4.69, 9.17) is 4.42 Å². The summed E-state index contributed by atoms with van der Waals surface area (Å²) in [6, 6.07) is 6.51. The van der Waals surface area contributed by atoms with Gasteiger partial charge in [-0.15, -0.1) is 5.10 Å². The molecule has 1 amide bonds. The second-order valence-corrected chi connectivity index (χ2v) is 8.57. The van der Waals surface area contributed by atoms with E-state index in [9.17, 15) is 13.2 Å². The van der Waals surface area contributed by atoms with Gasteiger partial charge in [0.05, 0.1) is 4.90 Å². The van der Waals surface area contributed by atoms with E-state index in [0.29, 0.717) is 50.1 Å². The number of carbonyl (C=O) groups is 1. The van der Waals surface area contributed by atoms with Crippen LogP contribution in [-0.4, -0.2) is 74.0 Å². The fraction of sp³-hybridized carbons (Fsp3) is 0.471. The van der Waals surface area contributed by atoms with Crippen molar-refractivity contribution in [3.8, 4) is 0 Å². The Bertz CT molecular complexity index is 900. The van der Waals surface area contributed by atoms with E-state index in [1.165, 1.54) is 26.2 Å². The summed E-state index contributed by atoms with van der Waals surface area (Å²) in [5, 5.41) is 7.99. The molecule has 0 N–H and O–H groups in total. The highest BCUT2D eigenvalue weighted by atomic mass is 32.2. The number of aromatic nitrogens is 2. The van der Waals surface area contributed by atoms with E-state index in [-0.39, 0.29) is 10.8 Å². The lowest BCUT2D eigenvalue weighted by molar-refractivity contribution is 0.0745. The number of amides is 1. The normalized spacial score (nSPS) is 15.4. The van der Waals surface area contributed by atoms with Crippen LogP contribution in [-0.2, 0) is 16.4 Å². The zero-order valence-corrected chi connectivity index (χ0v) is 16.4. The Morgan fingerprint density at radius 1 is 1.11 bits per heavy atom.